The zero-order valence-electron chi connectivity index (χ0n) is 14.2. The number of ether oxygens (including phenoxy) is 1. The topological polar surface area (TPSA) is 74.3 Å². The van der Waals surface area contributed by atoms with E-state index in [1.54, 1.807) is 0 Å². The lowest BCUT2D eigenvalue weighted by molar-refractivity contribution is 0.0186. The quantitative estimate of drug-likeness (QED) is 0.868. The van der Waals surface area contributed by atoms with E-state index in [0.717, 1.165) is 13.1 Å². The van der Waals surface area contributed by atoms with E-state index in [-0.39, 0.29) is 23.5 Å². The van der Waals surface area contributed by atoms with Gasteiger partial charge in [0.15, 0.2) is 6.67 Å². The van der Waals surface area contributed by atoms with Gasteiger partial charge < -0.3 is 14.5 Å². The zero-order chi connectivity index (χ0) is 17.6. The molecule has 2 heterocycles. The number of nitrogens with one attached hydrogen (secondary N) is 1. The van der Waals surface area contributed by atoms with E-state index in [0.29, 0.717) is 19.8 Å². The molecule has 6 nitrogen and oxygen atoms in total. The first-order valence-electron chi connectivity index (χ1n) is 8.29. The maximum atomic E-state index is 12.7. The monoisotopic (exact) mass is 344 g/mol. The standard InChI is InChI=1S/C18H21FN4O2/c1-13-2-4-14(5-3-13)16(23-6-8-24-9-7-23)12-21-18-15(11-20)22-17(10-19)25-18/h2-5,16,21H,6-10,12H2,1H3. The van der Waals surface area contributed by atoms with Crippen molar-refractivity contribution in [1.82, 2.24) is 9.88 Å². The maximum Gasteiger partial charge on any atom is 0.232 e. The molecule has 7 heteroatoms. The number of halogens is 1. The molecule has 0 amide bonds. The van der Waals surface area contributed by atoms with Gasteiger partial charge in [0, 0.05) is 19.6 Å². The molecule has 0 bridgehead atoms. The van der Waals surface area contributed by atoms with Crippen LogP contribution in [-0.2, 0) is 11.4 Å². The Hall–Kier alpha value is -2.43. The smallest absolute Gasteiger partial charge is 0.232 e. The highest BCUT2D eigenvalue weighted by Crippen LogP contribution is 2.25. The first-order chi connectivity index (χ1) is 12.2. The second-order valence-corrected chi connectivity index (χ2v) is 5.99. The largest absolute Gasteiger partial charge is 0.421 e. The van der Waals surface area contributed by atoms with Gasteiger partial charge in [-0.15, -0.1) is 0 Å². The molecule has 0 radical (unpaired) electrons. The molecular weight excluding hydrogens is 323 g/mol. The van der Waals surface area contributed by atoms with Gasteiger partial charge in [0.05, 0.1) is 19.3 Å². The SMILES string of the molecule is Cc1ccc(C(CNc2oc(CF)nc2C#N)N2CCOCC2)cc1. The number of oxazole rings is 1. The summed E-state index contributed by atoms with van der Waals surface area (Å²) in [6, 6.07) is 10.4. The molecule has 0 saturated carbocycles. The van der Waals surface area contributed by atoms with Gasteiger partial charge in [0.1, 0.15) is 6.07 Å². The number of benzene rings is 1. The number of hydrogen-bond donors (Lipinski definition) is 1. The summed E-state index contributed by atoms with van der Waals surface area (Å²) in [5, 5.41) is 12.3. The molecule has 0 aliphatic carbocycles. The molecule has 1 saturated heterocycles. The maximum absolute atomic E-state index is 12.7. The van der Waals surface area contributed by atoms with E-state index in [2.05, 4.69) is 46.4 Å². The van der Waals surface area contributed by atoms with E-state index in [1.807, 2.05) is 6.07 Å². The van der Waals surface area contributed by atoms with Crippen LogP contribution in [0.25, 0.3) is 0 Å². The summed E-state index contributed by atoms with van der Waals surface area (Å²) < 4.78 is 23.5. The highest BCUT2D eigenvalue weighted by Gasteiger charge is 2.24. The molecule has 0 spiro atoms. The molecule has 25 heavy (non-hydrogen) atoms. The molecule has 1 unspecified atom stereocenters. The number of rotatable bonds is 6. The summed E-state index contributed by atoms with van der Waals surface area (Å²) in [5.74, 6) is 0.137. The summed E-state index contributed by atoms with van der Waals surface area (Å²) in [6.45, 7) is 4.80. The molecular formula is C18H21FN4O2. The van der Waals surface area contributed by atoms with Crippen LogP contribution in [0.5, 0.6) is 0 Å². The van der Waals surface area contributed by atoms with Gasteiger partial charge in [0.2, 0.25) is 17.5 Å². The van der Waals surface area contributed by atoms with Crippen LogP contribution in [0.1, 0.15) is 28.8 Å². The number of aryl methyl sites for hydroxylation is 1. The fourth-order valence-corrected chi connectivity index (χ4v) is 2.94. The predicted molar refractivity (Wildman–Crippen MR) is 90.8 cm³/mol. The Labute approximate surface area is 146 Å². The summed E-state index contributed by atoms with van der Waals surface area (Å²) in [7, 11) is 0. The van der Waals surface area contributed by atoms with E-state index >= 15 is 0 Å². The lowest BCUT2D eigenvalue weighted by Gasteiger charge is -2.35. The molecule has 1 fully saturated rings. The molecule has 1 aromatic heterocycles. The summed E-state index contributed by atoms with van der Waals surface area (Å²) in [5.41, 5.74) is 2.45. The minimum atomic E-state index is -0.832. The Bertz CT molecular complexity index is 733. The first kappa shape index (κ1) is 17.4. The van der Waals surface area contributed by atoms with Gasteiger partial charge in [-0.3, -0.25) is 4.90 Å². The number of hydrogen-bond acceptors (Lipinski definition) is 6. The molecule has 2 aromatic rings. The van der Waals surface area contributed by atoms with Crippen LogP contribution in [0.2, 0.25) is 0 Å². The average Bonchev–Trinajstić information content (AvgIpc) is 3.06. The van der Waals surface area contributed by atoms with Gasteiger partial charge in [-0.1, -0.05) is 29.8 Å². The zero-order valence-corrected chi connectivity index (χ0v) is 14.2. The molecule has 1 atom stereocenters. The van der Waals surface area contributed by atoms with Crippen LogP contribution in [-0.4, -0.2) is 42.7 Å². The van der Waals surface area contributed by atoms with Crippen molar-refractivity contribution < 1.29 is 13.5 Å². The highest BCUT2D eigenvalue weighted by atomic mass is 19.1. The van der Waals surface area contributed by atoms with Crippen molar-refractivity contribution in [2.45, 2.75) is 19.6 Å². The lowest BCUT2D eigenvalue weighted by Crippen LogP contribution is -2.41. The van der Waals surface area contributed by atoms with Gasteiger partial charge in [0.25, 0.3) is 0 Å². The minimum Gasteiger partial charge on any atom is -0.421 e. The van der Waals surface area contributed by atoms with Crippen molar-refractivity contribution in [3.63, 3.8) is 0 Å². The second kappa shape index (κ2) is 8.10. The lowest BCUT2D eigenvalue weighted by atomic mass is 10.0. The van der Waals surface area contributed by atoms with Crippen molar-refractivity contribution in [3.05, 3.63) is 47.0 Å². The van der Waals surface area contributed by atoms with Crippen molar-refractivity contribution in [2.75, 3.05) is 38.2 Å². The number of nitrogens with zero attached hydrogens (tertiary/aromatic N) is 3. The fourth-order valence-electron chi connectivity index (χ4n) is 2.94. The minimum absolute atomic E-state index is 0.0808. The first-order valence-corrected chi connectivity index (χ1v) is 8.29. The van der Waals surface area contributed by atoms with Crippen molar-refractivity contribution in [2.24, 2.45) is 0 Å². The third-order valence-corrected chi connectivity index (χ3v) is 4.30. The summed E-state index contributed by atoms with van der Waals surface area (Å²) >= 11 is 0. The van der Waals surface area contributed by atoms with E-state index in [1.165, 1.54) is 11.1 Å². The van der Waals surface area contributed by atoms with Gasteiger partial charge in [-0.2, -0.15) is 10.2 Å². The van der Waals surface area contributed by atoms with Gasteiger partial charge in [-0.25, -0.2) is 4.39 Å². The van der Waals surface area contributed by atoms with Crippen molar-refractivity contribution >= 4 is 5.88 Å². The average molecular weight is 344 g/mol. The third kappa shape index (κ3) is 4.16. The van der Waals surface area contributed by atoms with Crippen molar-refractivity contribution in [3.8, 4) is 6.07 Å². The molecule has 1 aromatic carbocycles. The highest BCUT2D eigenvalue weighted by molar-refractivity contribution is 5.45. The molecule has 1 N–H and O–H groups in total. The summed E-state index contributed by atoms with van der Waals surface area (Å²) in [6.07, 6.45) is 0. The number of nitriles is 1. The van der Waals surface area contributed by atoms with Crippen LogP contribution >= 0.6 is 0 Å². The van der Waals surface area contributed by atoms with E-state index in [9.17, 15) is 4.39 Å². The second-order valence-electron chi connectivity index (χ2n) is 5.99. The normalized spacial score (nSPS) is 16.4. The number of alkyl halides is 1. The van der Waals surface area contributed by atoms with E-state index in [4.69, 9.17) is 14.4 Å². The van der Waals surface area contributed by atoms with Crippen LogP contribution in [0, 0.1) is 18.3 Å². The number of aromatic nitrogens is 1. The number of anilines is 1. The Balaban J connectivity index is 1.79. The Morgan fingerprint density at radius 1 is 1.32 bits per heavy atom. The predicted octanol–water partition coefficient (Wildman–Crippen LogP) is 2.81. The Kier molecular flexibility index (Phi) is 5.64. The Morgan fingerprint density at radius 3 is 2.68 bits per heavy atom. The van der Waals surface area contributed by atoms with Crippen LogP contribution in [0.3, 0.4) is 0 Å². The van der Waals surface area contributed by atoms with Gasteiger partial charge in [-0.05, 0) is 12.5 Å². The fraction of sp³-hybridized carbons (Fsp3) is 0.444. The number of morpholine rings is 1. The van der Waals surface area contributed by atoms with E-state index < -0.39 is 6.67 Å². The Morgan fingerprint density at radius 2 is 2.04 bits per heavy atom. The third-order valence-electron chi connectivity index (χ3n) is 4.30. The van der Waals surface area contributed by atoms with Crippen LogP contribution in [0.4, 0.5) is 10.3 Å². The molecule has 1 aliphatic rings. The van der Waals surface area contributed by atoms with Gasteiger partial charge >= 0.3 is 0 Å². The van der Waals surface area contributed by atoms with Crippen LogP contribution < -0.4 is 5.32 Å². The molecule has 1 aliphatic heterocycles. The van der Waals surface area contributed by atoms with Crippen molar-refractivity contribution in [1.29, 1.82) is 5.26 Å². The molecule has 3 rings (SSSR count). The molecule has 132 valence electrons. The summed E-state index contributed by atoms with van der Waals surface area (Å²) in [4.78, 5) is 6.16. The van der Waals surface area contributed by atoms with Crippen LogP contribution in [0.15, 0.2) is 28.7 Å².